The van der Waals surface area contributed by atoms with Crippen LogP contribution in [0.3, 0.4) is 0 Å². The molecule has 2 nitrogen and oxygen atoms in total. The van der Waals surface area contributed by atoms with Crippen molar-refractivity contribution in [3.63, 3.8) is 0 Å². The zero-order valence-electron chi connectivity index (χ0n) is 33.9. The molecule has 290 valence electrons. The lowest BCUT2D eigenvalue weighted by molar-refractivity contribution is 0.488. The van der Waals surface area contributed by atoms with Gasteiger partial charge >= 0.3 is 0 Å². The highest BCUT2D eigenvalue weighted by Crippen LogP contribution is 2.52. The van der Waals surface area contributed by atoms with Crippen molar-refractivity contribution in [2.75, 3.05) is 4.90 Å². The van der Waals surface area contributed by atoms with E-state index in [0.29, 0.717) is 0 Å². The Morgan fingerprint density at radius 2 is 0.774 bits per heavy atom. The minimum Gasteiger partial charge on any atom is -0.456 e. The Morgan fingerprint density at radius 3 is 1.50 bits per heavy atom. The van der Waals surface area contributed by atoms with E-state index in [0.717, 1.165) is 50.8 Å². The maximum Gasteiger partial charge on any atom is 0.135 e. The van der Waals surface area contributed by atoms with Crippen molar-refractivity contribution in [2.24, 2.45) is 0 Å². The largest absolute Gasteiger partial charge is 0.456 e. The fourth-order valence-corrected chi connectivity index (χ4v) is 9.45. The maximum atomic E-state index is 6.95. The van der Waals surface area contributed by atoms with Crippen LogP contribution >= 0.6 is 0 Å². The summed E-state index contributed by atoms with van der Waals surface area (Å²) in [6.45, 7) is 0. The smallest absolute Gasteiger partial charge is 0.135 e. The van der Waals surface area contributed by atoms with Crippen LogP contribution in [0.4, 0.5) is 17.1 Å². The van der Waals surface area contributed by atoms with Gasteiger partial charge in [0.15, 0.2) is 0 Å². The molecular weight excluding hydrogens is 751 g/mol. The van der Waals surface area contributed by atoms with Crippen LogP contribution in [0.2, 0.25) is 0 Å². The summed E-state index contributed by atoms with van der Waals surface area (Å²) in [4.78, 5) is 2.36. The molecule has 0 spiro atoms. The first-order valence-electron chi connectivity index (χ1n) is 21.2. The lowest BCUT2D eigenvalue weighted by Gasteiger charge is -2.27. The average Bonchev–Trinajstić information content (AvgIpc) is 3.49. The molecule has 0 bridgehead atoms. The number of hydrogen-bond acceptors (Lipinski definition) is 2. The van der Waals surface area contributed by atoms with Gasteiger partial charge in [-0.15, -0.1) is 0 Å². The van der Waals surface area contributed by atoms with Crippen molar-refractivity contribution in [1.29, 1.82) is 0 Å². The molecule has 0 saturated heterocycles. The Hall–Kier alpha value is -8.20. The van der Waals surface area contributed by atoms with Gasteiger partial charge in [0, 0.05) is 33.8 Å². The predicted octanol–water partition coefficient (Wildman–Crippen LogP) is 17.1. The van der Waals surface area contributed by atoms with Gasteiger partial charge in [-0.25, -0.2) is 0 Å². The summed E-state index contributed by atoms with van der Waals surface area (Å²) < 4.78 is 6.95. The summed E-state index contributed by atoms with van der Waals surface area (Å²) >= 11 is 0. The highest BCUT2D eigenvalue weighted by molar-refractivity contribution is 6.14. The van der Waals surface area contributed by atoms with Gasteiger partial charge in [0.1, 0.15) is 11.5 Å². The van der Waals surface area contributed by atoms with Gasteiger partial charge in [0.25, 0.3) is 0 Å². The Labute approximate surface area is 361 Å². The topological polar surface area (TPSA) is 12.5 Å². The molecule has 12 rings (SSSR count). The zero-order chi connectivity index (χ0) is 41.0. The number of fused-ring (bicyclic) bond motifs is 10. The Balaban J connectivity index is 1.03. The van der Waals surface area contributed by atoms with Gasteiger partial charge in [-0.2, -0.15) is 0 Å². The molecule has 0 unspecified atom stereocenters. The predicted molar refractivity (Wildman–Crippen MR) is 261 cm³/mol. The number of nitrogens with zero attached hydrogens (tertiary/aromatic N) is 1. The molecule has 0 radical (unpaired) electrons. The third kappa shape index (κ3) is 6.12. The van der Waals surface area contributed by atoms with E-state index in [1.54, 1.807) is 0 Å². The second kappa shape index (κ2) is 14.8. The Bertz CT molecular complexity index is 3460. The van der Waals surface area contributed by atoms with Crippen LogP contribution in [0.15, 0.2) is 237 Å². The van der Waals surface area contributed by atoms with E-state index in [9.17, 15) is 0 Å². The lowest BCUT2D eigenvalue weighted by Crippen LogP contribution is -2.10. The van der Waals surface area contributed by atoms with Gasteiger partial charge < -0.3 is 9.64 Å². The summed E-state index contributed by atoms with van der Waals surface area (Å²) in [7, 11) is 0. The minimum atomic E-state index is 0.828. The van der Waals surface area contributed by atoms with Crippen molar-refractivity contribution in [3.05, 3.63) is 237 Å². The van der Waals surface area contributed by atoms with Gasteiger partial charge in [0.2, 0.25) is 0 Å². The number of ether oxygens (including phenoxy) is 1. The Kier molecular flexibility index (Phi) is 8.53. The minimum absolute atomic E-state index is 0.828. The second-order valence-corrected chi connectivity index (χ2v) is 16.1. The number of rotatable bonds is 6. The molecule has 2 heteroatoms. The molecule has 0 amide bonds. The highest BCUT2D eigenvalue weighted by atomic mass is 16.5. The van der Waals surface area contributed by atoms with Crippen LogP contribution in [0.5, 0.6) is 11.5 Å². The van der Waals surface area contributed by atoms with Gasteiger partial charge in [-0.05, 0) is 132 Å². The summed E-state index contributed by atoms with van der Waals surface area (Å²) in [5.41, 5.74) is 14.7. The van der Waals surface area contributed by atoms with E-state index >= 15 is 0 Å². The number of anilines is 3. The average molecular weight is 790 g/mol. The van der Waals surface area contributed by atoms with Crippen LogP contribution in [-0.4, -0.2) is 0 Å². The molecule has 0 saturated carbocycles. The molecule has 0 fully saturated rings. The van der Waals surface area contributed by atoms with Crippen molar-refractivity contribution in [1.82, 2.24) is 0 Å². The molecular formula is C60H39NO. The van der Waals surface area contributed by atoms with Crippen LogP contribution < -0.4 is 9.64 Å². The number of hydrogen-bond donors (Lipinski definition) is 0. The molecule has 11 aromatic carbocycles. The van der Waals surface area contributed by atoms with Crippen molar-refractivity contribution in [2.45, 2.75) is 0 Å². The monoisotopic (exact) mass is 789 g/mol. The quantitative estimate of drug-likeness (QED) is 0.156. The fraction of sp³-hybridized carbons (Fsp3) is 0. The van der Waals surface area contributed by atoms with Crippen LogP contribution in [0, 0.1) is 0 Å². The first-order valence-corrected chi connectivity index (χ1v) is 21.2. The number of benzene rings is 11. The second-order valence-electron chi connectivity index (χ2n) is 16.1. The normalized spacial score (nSPS) is 11.7. The Morgan fingerprint density at radius 1 is 0.258 bits per heavy atom. The summed E-state index contributed by atoms with van der Waals surface area (Å²) in [5.74, 6) is 1.67. The van der Waals surface area contributed by atoms with Crippen molar-refractivity contribution >= 4 is 49.4 Å². The van der Waals surface area contributed by atoms with E-state index < -0.39 is 0 Å². The summed E-state index contributed by atoms with van der Waals surface area (Å²) in [5, 5.41) is 7.42. The van der Waals surface area contributed by atoms with E-state index in [4.69, 9.17) is 4.74 Å². The molecule has 1 aliphatic heterocycles. The molecule has 1 aliphatic rings. The van der Waals surface area contributed by atoms with Crippen LogP contribution in [-0.2, 0) is 0 Å². The first-order chi connectivity index (χ1) is 30.7. The zero-order valence-corrected chi connectivity index (χ0v) is 33.9. The van der Waals surface area contributed by atoms with Gasteiger partial charge in [0.05, 0.1) is 0 Å². The van der Waals surface area contributed by atoms with Crippen LogP contribution in [0.25, 0.3) is 88.0 Å². The molecule has 1 heterocycles. The van der Waals surface area contributed by atoms with Gasteiger partial charge in [-0.3, -0.25) is 0 Å². The van der Waals surface area contributed by atoms with E-state index in [1.807, 2.05) is 0 Å². The molecule has 0 aliphatic carbocycles. The highest BCUT2D eigenvalue weighted by Gasteiger charge is 2.25. The molecule has 0 N–H and O–H groups in total. The van der Waals surface area contributed by atoms with E-state index in [1.165, 1.54) is 65.7 Å². The molecule has 11 aromatic rings. The van der Waals surface area contributed by atoms with Gasteiger partial charge in [-0.1, -0.05) is 176 Å². The third-order valence-corrected chi connectivity index (χ3v) is 12.5. The molecule has 0 atom stereocenters. The lowest BCUT2D eigenvalue weighted by atomic mass is 9.88. The third-order valence-electron chi connectivity index (χ3n) is 12.5. The van der Waals surface area contributed by atoms with Crippen LogP contribution in [0.1, 0.15) is 0 Å². The standard InChI is InChI=1S/C60H39NO/c1-3-13-40(14-4-1)42-23-29-47(30-24-42)61(48-31-25-44(26-32-48)55-38-46-18-8-9-19-50(46)52-21-11-12-22-53(52)55)49-33-36-58-56(39-49)54-34-27-43-17-7-10-20-51(43)60(54)57-37-45(28-35-59(57)62-58)41-15-5-2-6-16-41/h1-39H. The fourth-order valence-electron chi connectivity index (χ4n) is 9.45. The van der Waals surface area contributed by atoms with E-state index in [2.05, 4.69) is 241 Å². The van der Waals surface area contributed by atoms with Crippen molar-refractivity contribution in [3.8, 4) is 67.1 Å². The molecule has 62 heavy (non-hydrogen) atoms. The summed E-state index contributed by atoms with van der Waals surface area (Å²) in [6, 6.07) is 85.4. The van der Waals surface area contributed by atoms with E-state index in [-0.39, 0.29) is 0 Å². The maximum absolute atomic E-state index is 6.95. The van der Waals surface area contributed by atoms with Crippen molar-refractivity contribution < 1.29 is 4.74 Å². The summed E-state index contributed by atoms with van der Waals surface area (Å²) in [6.07, 6.45) is 0. The SMILES string of the molecule is c1ccc(-c2ccc(N(c3ccc(-c4cc5ccccc5c5ccccc45)cc3)c3ccc4c(c3)-c3ccc5ccccc5c3-c3cc(-c5ccccc5)ccc3O4)cc2)cc1. The molecule has 0 aromatic heterocycles. The first kappa shape index (κ1) is 35.7.